The van der Waals surface area contributed by atoms with Crippen molar-refractivity contribution in [3.8, 4) is 0 Å². The molecule has 1 aliphatic heterocycles. The Hall–Kier alpha value is -4.05. The number of pyridine rings is 1. The number of nitrogens with one attached hydrogen (secondary N) is 3. The number of aromatic amines is 1. The Morgan fingerprint density at radius 1 is 1.06 bits per heavy atom. The molecule has 0 saturated carbocycles. The molecule has 1 aliphatic rings. The van der Waals surface area contributed by atoms with Crippen molar-refractivity contribution in [1.29, 1.82) is 0 Å². The van der Waals surface area contributed by atoms with Gasteiger partial charge in [0.05, 0.1) is 23.5 Å². The lowest BCUT2D eigenvalue weighted by atomic mass is 10.0. The van der Waals surface area contributed by atoms with Crippen LogP contribution in [-0.2, 0) is 21.2 Å². The number of sulfonamides is 1. The molecule has 3 N–H and O–H groups in total. The highest BCUT2D eigenvalue weighted by atomic mass is 32.2. The van der Waals surface area contributed by atoms with Crippen LogP contribution in [0.5, 0.6) is 0 Å². The van der Waals surface area contributed by atoms with Gasteiger partial charge in [0.2, 0.25) is 15.9 Å². The van der Waals surface area contributed by atoms with Crippen molar-refractivity contribution in [2.24, 2.45) is 0 Å². The summed E-state index contributed by atoms with van der Waals surface area (Å²) >= 11 is 0. The molecule has 1 unspecified atom stereocenters. The van der Waals surface area contributed by atoms with Gasteiger partial charge in [0, 0.05) is 18.0 Å². The van der Waals surface area contributed by atoms with Gasteiger partial charge in [-0.1, -0.05) is 36.4 Å². The average Bonchev–Trinajstić information content (AvgIpc) is 3.39. The Kier molecular flexibility index (Phi) is 5.58. The van der Waals surface area contributed by atoms with Gasteiger partial charge in [-0.3, -0.25) is 19.3 Å². The Balaban J connectivity index is 1.42. The zero-order valence-corrected chi connectivity index (χ0v) is 18.7. The molecule has 2 atom stereocenters. The van der Waals surface area contributed by atoms with E-state index in [9.17, 15) is 18.0 Å². The third-order valence-electron chi connectivity index (χ3n) is 5.78. The number of hydrogen-bond donors (Lipinski definition) is 3. The normalized spacial score (nSPS) is 17.9. The van der Waals surface area contributed by atoms with E-state index in [1.165, 1.54) is 0 Å². The van der Waals surface area contributed by atoms with E-state index in [1.54, 1.807) is 36.7 Å². The summed E-state index contributed by atoms with van der Waals surface area (Å²) < 4.78 is 26.4. The standard InChI is InChI=1S/C24H21N5O4S/c30-22-14-21(34(32,33)29-22)16-7-5-15(6-8-16)13-20(28-24(31)17-9-11-25-12-10-17)23-26-18-3-1-2-4-19(18)27-23/h1-12,20-21H,13-14H2,(H,26,27)(H,28,31)(H,29,30)/t20-,21?/m0/s1. The molecule has 1 saturated heterocycles. The molecule has 2 aromatic heterocycles. The van der Waals surface area contributed by atoms with E-state index in [2.05, 4.69) is 20.3 Å². The second-order valence-electron chi connectivity index (χ2n) is 8.11. The van der Waals surface area contributed by atoms with Crippen molar-refractivity contribution in [1.82, 2.24) is 25.0 Å². The lowest BCUT2D eigenvalue weighted by molar-refractivity contribution is -0.118. The van der Waals surface area contributed by atoms with Gasteiger partial charge in [-0.25, -0.2) is 13.4 Å². The number of benzene rings is 2. The van der Waals surface area contributed by atoms with Gasteiger partial charge in [0.15, 0.2) is 0 Å². The van der Waals surface area contributed by atoms with Crippen molar-refractivity contribution in [2.75, 3.05) is 0 Å². The molecular weight excluding hydrogens is 454 g/mol. The number of carbonyl (C=O) groups is 2. The first-order chi connectivity index (χ1) is 16.4. The summed E-state index contributed by atoms with van der Waals surface area (Å²) in [6.45, 7) is 0. The fraction of sp³-hybridized carbons (Fsp3) is 0.167. The van der Waals surface area contributed by atoms with Crippen molar-refractivity contribution in [3.63, 3.8) is 0 Å². The molecule has 5 rings (SSSR count). The summed E-state index contributed by atoms with van der Waals surface area (Å²) in [5, 5.41) is 2.14. The Bertz CT molecular complexity index is 1430. The molecule has 0 aliphatic carbocycles. The maximum Gasteiger partial charge on any atom is 0.251 e. The Labute approximate surface area is 195 Å². The number of H-pyrrole nitrogens is 1. The molecule has 0 radical (unpaired) electrons. The molecule has 1 fully saturated rings. The monoisotopic (exact) mass is 475 g/mol. The fourth-order valence-electron chi connectivity index (χ4n) is 4.05. The molecule has 0 spiro atoms. The van der Waals surface area contributed by atoms with E-state index in [4.69, 9.17) is 0 Å². The highest BCUT2D eigenvalue weighted by Gasteiger charge is 2.37. The molecule has 3 heterocycles. The Morgan fingerprint density at radius 2 is 1.79 bits per heavy atom. The molecule has 2 amide bonds. The maximum atomic E-state index is 12.9. The van der Waals surface area contributed by atoms with Crippen LogP contribution in [0.25, 0.3) is 11.0 Å². The quantitative estimate of drug-likeness (QED) is 0.392. The summed E-state index contributed by atoms with van der Waals surface area (Å²) in [5.74, 6) is -0.148. The number of rotatable bonds is 6. The summed E-state index contributed by atoms with van der Waals surface area (Å²) in [6.07, 6.45) is 3.44. The number of aromatic nitrogens is 3. The van der Waals surface area contributed by atoms with Crippen molar-refractivity contribution < 1.29 is 18.0 Å². The minimum Gasteiger partial charge on any atom is -0.342 e. The van der Waals surface area contributed by atoms with Crippen LogP contribution >= 0.6 is 0 Å². The molecular formula is C24H21N5O4S. The van der Waals surface area contributed by atoms with Gasteiger partial charge in [-0.15, -0.1) is 0 Å². The number of imidazole rings is 1. The van der Waals surface area contributed by atoms with Gasteiger partial charge in [-0.05, 0) is 41.8 Å². The van der Waals surface area contributed by atoms with E-state index in [1.807, 2.05) is 41.1 Å². The van der Waals surface area contributed by atoms with Gasteiger partial charge >= 0.3 is 0 Å². The van der Waals surface area contributed by atoms with Crippen LogP contribution in [0, 0.1) is 0 Å². The molecule has 172 valence electrons. The fourth-order valence-corrected chi connectivity index (χ4v) is 5.48. The lowest BCUT2D eigenvalue weighted by Gasteiger charge is -2.18. The van der Waals surface area contributed by atoms with Crippen molar-refractivity contribution in [3.05, 3.63) is 95.6 Å². The second kappa shape index (κ2) is 8.71. The van der Waals surface area contributed by atoms with Crippen LogP contribution in [0.2, 0.25) is 0 Å². The van der Waals surface area contributed by atoms with Crippen molar-refractivity contribution >= 4 is 32.9 Å². The summed E-state index contributed by atoms with van der Waals surface area (Å²) in [7, 11) is -3.71. The van der Waals surface area contributed by atoms with E-state index in [-0.39, 0.29) is 12.3 Å². The third-order valence-corrected chi connectivity index (χ3v) is 7.48. The predicted octanol–water partition coefficient (Wildman–Crippen LogP) is 2.56. The van der Waals surface area contributed by atoms with Crippen LogP contribution in [0.15, 0.2) is 73.1 Å². The summed E-state index contributed by atoms with van der Waals surface area (Å²) in [5.41, 5.74) is 3.55. The highest BCUT2D eigenvalue weighted by molar-refractivity contribution is 7.90. The van der Waals surface area contributed by atoms with Gasteiger partial charge in [0.25, 0.3) is 5.91 Å². The highest BCUT2D eigenvalue weighted by Crippen LogP contribution is 2.30. The summed E-state index contributed by atoms with van der Waals surface area (Å²) in [4.78, 5) is 36.3. The van der Waals surface area contributed by atoms with Crippen LogP contribution < -0.4 is 10.0 Å². The zero-order chi connectivity index (χ0) is 23.7. The molecule has 9 nitrogen and oxygen atoms in total. The van der Waals surface area contributed by atoms with Gasteiger partial charge in [-0.2, -0.15) is 0 Å². The number of nitrogens with zero attached hydrogens (tertiary/aromatic N) is 2. The number of para-hydroxylation sites is 2. The van der Waals surface area contributed by atoms with E-state index in [0.29, 0.717) is 23.4 Å². The number of fused-ring (bicyclic) bond motifs is 1. The first kappa shape index (κ1) is 21.8. The van der Waals surface area contributed by atoms with Crippen LogP contribution in [-0.4, -0.2) is 35.2 Å². The minimum atomic E-state index is -3.71. The van der Waals surface area contributed by atoms with Gasteiger partial charge < -0.3 is 10.3 Å². The summed E-state index contributed by atoms with van der Waals surface area (Å²) in [6, 6.07) is 17.5. The largest absolute Gasteiger partial charge is 0.342 e. The zero-order valence-electron chi connectivity index (χ0n) is 17.9. The third kappa shape index (κ3) is 4.40. The first-order valence-electron chi connectivity index (χ1n) is 10.7. The molecule has 2 aromatic carbocycles. The van der Waals surface area contributed by atoms with E-state index < -0.39 is 27.2 Å². The number of hydrogen-bond acceptors (Lipinski definition) is 6. The average molecular weight is 476 g/mol. The molecule has 34 heavy (non-hydrogen) atoms. The Morgan fingerprint density at radius 3 is 2.47 bits per heavy atom. The lowest BCUT2D eigenvalue weighted by Crippen LogP contribution is -2.30. The SMILES string of the molecule is O=C1CC(c2ccc(C[C@H](NC(=O)c3ccncc3)c3nc4ccccc4[nH]3)cc2)S(=O)(=O)N1. The second-order valence-corrected chi connectivity index (χ2v) is 9.97. The van der Waals surface area contributed by atoms with Gasteiger partial charge in [0.1, 0.15) is 11.1 Å². The van der Waals surface area contributed by atoms with E-state index in [0.717, 1.165) is 16.6 Å². The van der Waals surface area contributed by atoms with Crippen LogP contribution in [0.1, 0.15) is 45.0 Å². The molecule has 0 bridgehead atoms. The number of amides is 2. The maximum absolute atomic E-state index is 12.9. The van der Waals surface area contributed by atoms with Crippen LogP contribution in [0.3, 0.4) is 0 Å². The van der Waals surface area contributed by atoms with Crippen molar-refractivity contribution in [2.45, 2.75) is 24.1 Å². The number of carbonyl (C=O) groups excluding carboxylic acids is 2. The molecule has 10 heteroatoms. The first-order valence-corrected chi connectivity index (χ1v) is 12.2. The predicted molar refractivity (Wildman–Crippen MR) is 125 cm³/mol. The molecule has 4 aromatic rings. The topological polar surface area (TPSA) is 134 Å². The van der Waals surface area contributed by atoms with Crippen LogP contribution in [0.4, 0.5) is 0 Å². The minimum absolute atomic E-state index is 0.0920. The van der Waals surface area contributed by atoms with E-state index >= 15 is 0 Å². The smallest absolute Gasteiger partial charge is 0.251 e.